The van der Waals surface area contributed by atoms with E-state index in [2.05, 4.69) is 18.3 Å². The molecular weight excluding hydrogens is 236 g/mol. The van der Waals surface area contributed by atoms with Gasteiger partial charge in [-0.1, -0.05) is 30.7 Å². The Balaban J connectivity index is 2.45. The van der Waals surface area contributed by atoms with Crippen LogP contribution in [-0.4, -0.2) is 12.5 Å². The van der Waals surface area contributed by atoms with Crippen molar-refractivity contribution in [2.24, 2.45) is 5.73 Å². The van der Waals surface area contributed by atoms with Crippen LogP contribution < -0.4 is 11.1 Å². The van der Waals surface area contributed by atoms with Crippen LogP contribution in [0, 0.1) is 0 Å². The zero-order valence-electron chi connectivity index (χ0n) is 10.1. The van der Waals surface area contributed by atoms with Crippen molar-refractivity contribution in [3.63, 3.8) is 0 Å². The van der Waals surface area contributed by atoms with Gasteiger partial charge in [-0.3, -0.25) is 4.79 Å². The van der Waals surface area contributed by atoms with Gasteiger partial charge in [-0.15, -0.1) is 0 Å². The number of hydrogen-bond donors (Lipinski definition) is 2. The molecule has 0 aliphatic carbocycles. The fraction of sp³-hybridized carbons (Fsp3) is 0.462. The molecule has 3 nitrogen and oxygen atoms in total. The van der Waals surface area contributed by atoms with Gasteiger partial charge in [0, 0.05) is 17.5 Å². The van der Waals surface area contributed by atoms with E-state index in [1.807, 2.05) is 18.2 Å². The number of nitrogens with one attached hydrogen (secondary N) is 1. The molecule has 0 aliphatic heterocycles. The molecule has 1 rings (SSSR count). The van der Waals surface area contributed by atoms with Crippen molar-refractivity contribution >= 4 is 17.5 Å². The summed E-state index contributed by atoms with van der Waals surface area (Å²) in [4.78, 5) is 10.6. The molecule has 4 heteroatoms. The second-order valence-electron chi connectivity index (χ2n) is 4.04. The summed E-state index contributed by atoms with van der Waals surface area (Å²) in [5.74, 6) is -0.248. The number of halogens is 1. The van der Waals surface area contributed by atoms with Crippen LogP contribution in [0.15, 0.2) is 24.3 Å². The molecule has 3 N–H and O–H groups in total. The highest BCUT2D eigenvalue weighted by Crippen LogP contribution is 2.20. The van der Waals surface area contributed by atoms with Gasteiger partial charge in [-0.05, 0) is 37.1 Å². The van der Waals surface area contributed by atoms with E-state index in [1.165, 1.54) is 5.56 Å². The van der Waals surface area contributed by atoms with Gasteiger partial charge in [0.15, 0.2) is 0 Å². The number of primary amides is 1. The summed E-state index contributed by atoms with van der Waals surface area (Å²) < 4.78 is 0. The number of benzene rings is 1. The van der Waals surface area contributed by atoms with Crippen LogP contribution in [0.3, 0.4) is 0 Å². The normalized spacial score (nSPS) is 12.4. The van der Waals surface area contributed by atoms with Crippen LogP contribution in [-0.2, 0) is 4.79 Å². The maximum absolute atomic E-state index is 10.6. The Hall–Kier alpha value is -1.06. The molecule has 0 radical (unpaired) electrons. The first-order chi connectivity index (χ1) is 8.13. The second kappa shape index (κ2) is 7.30. The lowest BCUT2D eigenvalue weighted by Crippen LogP contribution is -2.23. The van der Waals surface area contributed by atoms with E-state index in [1.54, 1.807) is 0 Å². The Bertz CT molecular complexity index is 368. The fourth-order valence-electron chi connectivity index (χ4n) is 1.76. The average Bonchev–Trinajstić information content (AvgIpc) is 2.29. The third-order valence-electron chi connectivity index (χ3n) is 2.65. The van der Waals surface area contributed by atoms with Crippen LogP contribution >= 0.6 is 11.6 Å². The van der Waals surface area contributed by atoms with Gasteiger partial charge in [-0.25, -0.2) is 0 Å². The van der Waals surface area contributed by atoms with E-state index in [-0.39, 0.29) is 11.9 Å². The molecule has 0 fully saturated rings. The maximum Gasteiger partial charge on any atom is 0.217 e. The maximum atomic E-state index is 10.6. The molecule has 17 heavy (non-hydrogen) atoms. The zero-order valence-corrected chi connectivity index (χ0v) is 10.8. The summed E-state index contributed by atoms with van der Waals surface area (Å²) in [7, 11) is 0. The smallest absolute Gasteiger partial charge is 0.217 e. The van der Waals surface area contributed by atoms with Crippen LogP contribution in [0.5, 0.6) is 0 Å². The summed E-state index contributed by atoms with van der Waals surface area (Å²) >= 11 is 5.96. The van der Waals surface area contributed by atoms with Crippen molar-refractivity contribution in [1.82, 2.24) is 5.32 Å². The minimum absolute atomic E-state index is 0.248. The molecule has 0 aromatic heterocycles. The zero-order chi connectivity index (χ0) is 12.7. The van der Waals surface area contributed by atoms with E-state index in [0.717, 1.165) is 24.4 Å². The van der Waals surface area contributed by atoms with E-state index in [9.17, 15) is 4.79 Å². The van der Waals surface area contributed by atoms with Crippen molar-refractivity contribution in [3.8, 4) is 0 Å². The monoisotopic (exact) mass is 254 g/mol. The van der Waals surface area contributed by atoms with Crippen LogP contribution in [0.25, 0.3) is 0 Å². The number of hydrogen-bond acceptors (Lipinski definition) is 2. The summed E-state index contributed by atoms with van der Waals surface area (Å²) in [6.45, 7) is 2.90. The van der Waals surface area contributed by atoms with Crippen molar-refractivity contribution in [2.45, 2.75) is 32.2 Å². The molecule has 0 saturated carbocycles. The molecule has 1 amide bonds. The SMILES string of the molecule is CCC(NCCCC(N)=O)c1cccc(Cl)c1. The molecule has 1 atom stereocenters. The Morgan fingerprint density at radius 3 is 2.88 bits per heavy atom. The third-order valence-corrected chi connectivity index (χ3v) is 2.89. The second-order valence-corrected chi connectivity index (χ2v) is 4.48. The summed E-state index contributed by atoms with van der Waals surface area (Å²) in [6, 6.07) is 8.12. The lowest BCUT2D eigenvalue weighted by molar-refractivity contribution is -0.118. The topological polar surface area (TPSA) is 55.1 Å². The Kier molecular flexibility index (Phi) is 6.01. The van der Waals surface area contributed by atoms with Crippen molar-refractivity contribution in [2.75, 3.05) is 6.54 Å². The highest BCUT2D eigenvalue weighted by molar-refractivity contribution is 6.30. The standard InChI is InChI=1S/C13H19ClN2O/c1-2-12(16-8-4-7-13(15)17)10-5-3-6-11(14)9-10/h3,5-6,9,12,16H,2,4,7-8H2,1H3,(H2,15,17). The highest BCUT2D eigenvalue weighted by Gasteiger charge is 2.08. The molecule has 1 unspecified atom stereocenters. The molecule has 0 spiro atoms. The first kappa shape index (κ1) is 14.0. The lowest BCUT2D eigenvalue weighted by Gasteiger charge is -2.17. The molecule has 0 heterocycles. The number of nitrogens with two attached hydrogens (primary N) is 1. The summed E-state index contributed by atoms with van der Waals surface area (Å²) in [5.41, 5.74) is 6.27. The minimum atomic E-state index is -0.248. The first-order valence-corrected chi connectivity index (χ1v) is 6.28. The van der Waals surface area contributed by atoms with Crippen LogP contribution in [0.1, 0.15) is 37.8 Å². The fourth-order valence-corrected chi connectivity index (χ4v) is 1.96. The van der Waals surface area contributed by atoms with Gasteiger partial charge < -0.3 is 11.1 Å². The predicted molar refractivity (Wildman–Crippen MR) is 70.9 cm³/mol. The Morgan fingerprint density at radius 1 is 1.53 bits per heavy atom. The van der Waals surface area contributed by atoms with Gasteiger partial charge >= 0.3 is 0 Å². The van der Waals surface area contributed by atoms with Gasteiger partial charge in [0.2, 0.25) is 5.91 Å². The van der Waals surface area contributed by atoms with E-state index < -0.39 is 0 Å². The van der Waals surface area contributed by atoms with Crippen LogP contribution in [0.2, 0.25) is 5.02 Å². The predicted octanol–water partition coefficient (Wildman–Crippen LogP) is 2.65. The molecular formula is C13H19ClN2O. The van der Waals surface area contributed by atoms with Crippen molar-refractivity contribution < 1.29 is 4.79 Å². The van der Waals surface area contributed by atoms with Gasteiger partial charge in [0.05, 0.1) is 0 Å². The van der Waals surface area contributed by atoms with Crippen molar-refractivity contribution in [3.05, 3.63) is 34.9 Å². The Morgan fingerprint density at radius 2 is 2.29 bits per heavy atom. The summed E-state index contributed by atoms with van der Waals surface area (Å²) in [6.07, 6.45) is 2.18. The highest BCUT2D eigenvalue weighted by atomic mass is 35.5. The van der Waals surface area contributed by atoms with Gasteiger partial charge in [-0.2, -0.15) is 0 Å². The Labute approximate surface area is 107 Å². The van der Waals surface area contributed by atoms with Gasteiger partial charge in [0.25, 0.3) is 0 Å². The average molecular weight is 255 g/mol. The number of amides is 1. The van der Waals surface area contributed by atoms with Crippen molar-refractivity contribution in [1.29, 1.82) is 0 Å². The molecule has 0 bridgehead atoms. The number of rotatable bonds is 7. The van der Waals surface area contributed by atoms with E-state index >= 15 is 0 Å². The molecule has 0 aliphatic rings. The first-order valence-electron chi connectivity index (χ1n) is 5.90. The number of carbonyl (C=O) groups excluding carboxylic acids is 1. The third kappa shape index (κ3) is 5.20. The molecule has 94 valence electrons. The van der Waals surface area contributed by atoms with Crippen LogP contribution in [0.4, 0.5) is 0 Å². The summed E-state index contributed by atoms with van der Waals surface area (Å²) in [5, 5.41) is 4.15. The molecule has 0 saturated heterocycles. The molecule has 1 aromatic rings. The van der Waals surface area contributed by atoms with E-state index in [0.29, 0.717) is 6.42 Å². The number of carbonyl (C=O) groups is 1. The largest absolute Gasteiger partial charge is 0.370 e. The van der Waals surface area contributed by atoms with E-state index in [4.69, 9.17) is 17.3 Å². The molecule has 1 aromatic carbocycles. The quantitative estimate of drug-likeness (QED) is 0.735. The van der Waals surface area contributed by atoms with Gasteiger partial charge in [0.1, 0.15) is 0 Å². The minimum Gasteiger partial charge on any atom is -0.370 e. The lowest BCUT2D eigenvalue weighted by atomic mass is 10.0.